The summed E-state index contributed by atoms with van der Waals surface area (Å²) in [5.74, 6) is -0.537. The molecule has 1 aliphatic carbocycles. The van der Waals surface area contributed by atoms with E-state index in [0.717, 1.165) is 5.56 Å². The summed E-state index contributed by atoms with van der Waals surface area (Å²) in [6.45, 7) is 0. The van der Waals surface area contributed by atoms with Crippen molar-refractivity contribution in [3.8, 4) is 5.75 Å². The number of hydrogen-bond acceptors (Lipinski definition) is 4. The molecule has 0 aromatic heterocycles. The van der Waals surface area contributed by atoms with Crippen molar-refractivity contribution in [3.63, 3.8) is 0 Å². The molecule has 3 rings (SSSR count). The summed E-state index contributed by atoms with van der Waals surface area (Å²) in [6.07, 6.45) is -1.11. The highest BCUT2D eigenvalue weighted by Gasteiger charge is 2.37. The number of hydrogen-bond donors (Lipinski definition) is 1. The Kier molecular flexibility index (Phi) is 3.77. The molecule has 22 heavy (non-hydrogen) atoms. The van der Waals surface area contributed by atoms with Crippen molar-refractivity contribution >= 4 is 11.6 Å². The van der Waals surface area contributed by atoms with Gasteiger partial charge >= 0.3 is 0 Å². The van der Waals surface area contributed by atoms with Crippen molar-refractivity contribution in [2.75, 3.05) is 7.11 Å². The highest BCUT2D eigenvalue weighted by atomic mass is 16.5. The molecule has 0 heterocycles. The second kappa shape index (κ2) is 5.73. The Morgan fingerprint density at radius 2 is 1.86 bits per heavy atom. The van der Waals surface area contributed by atoms with Gasteiger partial charge < -0.3 is 9.84 Å². The Morgan fingerprint density at radius 3 is 2.64 bits per heavy atom. The lowest BCUT2D eigenvalue weighted by molar-refractivity contribution is 0.0677. The summed E-state index contributed by atoms with van der Waals surface area (Å²) in [6, 6.07) is 13.9. The fourth-order valence-electron chi connectivity index (χ4n) is 2.97. The van der Waals surface area contributed by atoms with Gasteiger partial charge in [0.05, 0.1) is 12.7 Å². The average molecular weight is 296 g/mol. The van der Waals surface area contributed by atoms with Crippen LogP contribution in [0.15, 0.2) is 48.5 Å². The van der Waals surface area contributed by atoms with Crippen LogP contribution in [0.5, 0.6) is 5.75 Å². The first-order valence-electron chi connectivity index (χ1n) is 7.11. The molecule has 0 aliphatic heterocycles. The molecular weight excluding hydrogens is 280 g/mol. The second-order valence-corrected chi connectivity index (χ2v) is 5.33. The molecule has 4 heteroatoms. The van der Waals surface area contributed by atoms with E-state index in [1.54, 1.807) is 42.5 Å². The summed E-state index contributed by atoms with van der Waals surface area (Å²) >= 11 is 0. The van der Waals surface area contributed by atoms with Gasteiger partial charge in [-0.1, -0.05) is 36.4 Å². The highest BCUT2D eigenvalue weighted by Crippen LogP contribution is 2.37. The lowest BCUT2D eigenvalue weighted by Crippen LogP contribution is -2.27. The normalized spacial score (nSPS) is 17.9. The Bertz CT molecular complexity index is 735. The molecule has 0 bridgehead atoms. The van der Waals surface area contributed by atoms with E-state index in [0.29, 0.717) is 16.9 Å². The smallest absolute Gasteiger partial charge is 0.195 e. The monoisotopic (exact) mass is 296 g/mol. The molecule has 0 fully saturated rings. The summed E-state index contributed by atoms with van der Waals surface area (Å²) < 4.78 is 5.17. The van der Waals surface area contributed by atoms with Crippen molar-refractivity contribution in [1.82, 2.24) is 0 Å². The van der Waals surface area contributed by atoms with Crippen LogP contribution in [-0.2, 0) is 0 Å². The summed E-state index contributed by atoms with van der Waals surface area (Å²) in [5.41, 5.74) is 1.66. The fraction of sp³-hybridized carbons (Fsp3) is 0.222. The van der Waals surface area contributed by atoms with Gasteiger partial charge in [-0.2, -0.15) is 0 Å². The van der Waals surface area contributed by atoms with Crippen LogP contribution in [0.2, 0.25) is 0 Å². The number of methoxy groups -OCH3 is 1. The van der Waals surface area contributed by atoms with Crippen molar-refractivity contribution in [1.29, 1.82) is 0 Å². The highest BCUT2D eigenvalue weighted by molar-refractivity contribution is 6.06. The zero-order valence-corrected chi connectivity index (χ0v) is 12.2. The number of rotatable bonds is 4. The number of fused-ring (bicyclic) bond motifs is 1. The van der Waals surface area contributed by atoms with Crippen molar-refractivity contribution in [2.24, 2.45) is 0 Å². The molecule has 2 aromatic rings. The van der Waals surface area contributed by atoms with Gasteiger partial charge in [-0.15, -0.1) is 0 Å². The fourth-order valence-corrected chi connectivity index (χ4v) is 2.97. The Morgan fingerprint density at radius 1 is 1.18 bits per heavy atom. The molecule has 2 aromatic carbocycles. The van der Waals surface area contributed by atoms with Crippen LogP contribution >= 0.6 is 0 Å². The van der Waals surface area contributed by atoms with E-state index >= 15 is 0 Å². The lowest BCUT2D eigenvalue weighted by atomic mass is 9.90. The lowest BCUT2D eigenvalue weighted by Gasteiger charge is -2.18. The van der Waals surface area contributed by atoms with Gasteiger partial charge in [0.25, 0.3) is 0 Å². The second-order valence-electron chi connectivity index (χ2n) is 5.33. The number of carbonyl (C=O) groups is 2. The molecule has 0 radical (unpaired) electrons. The van der Waals surface area contributed by atoms with E-state index in [9.17, 15) is 14.7 Å². The summed E-state index contributed by atoms with van der Waals surface area (Å²) in [4.78, 5) is 24.6. The molecule has 0 unspecified atom stereocenters. The molecule has 0 amide bonds. The largest absolute Gasteiger partial charge is 0.496 e. The summed E-state index contributed by atoms with van der Waals surface area (Å²) in [7, 11) is 1.48. The molecule has 1 aliphatic rings. The molecule has 0 saturated carbocycles. The summed E-state index contributed by atoms with van der Waals surface area (Å²) in [5, 5.41) is 10.5. The minimum Gasteiger partial charge on any atom is -0.496 e. The Hall–Kier alpha value is -2.46. The number of Topliss-reactive ketones (excluding diaryl/α,β-unsaturated/α-hetero) is 2. The molecule has 0 spiro atoms. The Labute approximate surface area is 128 Å². The first-order chi connectivity index (χ1) is 10.6. The van der Waals surface area contributed by atoms with Crippen molar-refractivity contribution in [3.05, 3.63) is 65.2 Å². The standard InChI is InChI=1S/C18H16O4/c1-22-16-9-5-4-8-13(16)17(20)18(21)14-10-15(19)12-7-3-2-6-11(12)14/h2-9,14,18,21H,10H2,1H3/t14-,18+/m0/s1. The number of ether oxygens (including phenoxy) is 1. The predicted molar refractivity (Wildman–Crippen MR) is 81.5 cm³/mol. The number of para-hydroxylation sites is 1. The quantitative estimate of drug-likeness (QED) is 0.881. The van der Waals surface area contributed by atoms with Gasteiger partial charge in [0.15, 0.2) is 11.6 Å². The van der Waals surface area contributed by atoms with Gasteiger partial charge in [0, 0.05) is 17.9 Å². The first-order valence-corrected chi connectivity index (χ1v) is 7.11. The van der Waals surface area contributed by atoms with E-state index in [4.69, 9.17) is 4.74 Å². The average Bonchev–Trinajstić information content (AvgIpc) is 2.91. The maximum Gasteiger partial charge on any atom is 0.195 e. The van der Waals surface area contributed by atoms with Crippen LogP contribution in [0.3, 0.4) is 0 Å². The Balaban J connectivity index is 1.94. The van der Waals surface area contributed by atoms with Crippen molar-refractivity contribution in [2.45, 2.75) is 18.4 Å². The molecule has 2 atom stereocenters. The molecule has 112 valence electrons. The zero-order chi connectivity index (χ0) is 15.7. The maximum atomic E-state index is 12.6. The minimum atomic E-state index is -1.26. The van der Waals surface area contributed by atoms with Crippen molar-refractivity contribution < 1.29 is 19.4 Å². The third kappa shape index (κ3) is 2.31. The minimum absolute atomic E-state index is 0.0347. The van der Waals surface area contributed by atoms with Gasteiger partial charge in [-0.3, -0.25) is 9.59 Å². The van der Waals surface area contributed by atoms with E-state index in [2.05, 4.69) is 0 Å². The van der Waals surface area contributed by atoms with E-state index in [-0.39, 0.29) is 12.2 Å². The van der Waals surface area contributed by atoms with Gasteiger partial charge in [0.1, 0.15) is 11.9 Å². The predicted octanol–water partition coefficient (Wildman–Crippen LogP) is 2.61. The van der Waals surface area contributed by atoms with E-state index < -0.39 is 17.8 Å². The molecule has 4 nitrogen and oxygen atoms in total. The van der Waals surface area contributed by atoms with E-state index in [1.165, 1.54) is 7.11 Å². The maximum absolute atomic E-state index is 12.6. The molecular formula is C18H16O4. The topological polar surface area (TPSA) is 63.6 Å². The van der Waals surface area contributed by atoms with Gasteiger partial charge in [-0.25, -0.2) is 0 Å². The van der Waals surface area contributed by atoms with Crippen LogP contribution in [0.1, 0.15) is 38.6 Å². The van der Waals surface area contributed by atoms with Crippen LogP contribution in [-0.4, -0.2) is 29.9 Å². The van der Waals surface area contributed by atoms with Crippen LogP contribution in [0.4, 0.5) is 0 Å². The molecule has 1 N–H and O–H groups in total. The van der Waals surface area contributed by atoms with Crippen LogP contribution in [0, 0.1) is 0 Å². The van der Waals surface area contributed by atoms with Crippen LogP contribution in [0.25, 0.3) is 0 Å². The van der Waals surface area contributed by atoms with Crippen LogP contribution < -0.4 is 4.74 Å². The SMILES string of the molecule is COc1ccccc1C(=O)[C@H](O)[C@H]1CC(=O)c2ccccc21. The third-order valence-electron chi connectivity index (χ3n) is 4.09. The number of ketones is 2. The molecule has 0 saturated heterocycles. The van der Waals surface area contributed by atoms with Gasteiger partial charge in [0.2, 0.25) is 0 Å². The zero-order valence-electron chi connectivity index (χ0n) is 12.2. The number of aliphatic hydroxyl groups excluding tert-OH is 1. The number of benzene rings is 2. The number of carbonyl (C=O) groups excluding carboxylic acids is 2. The number of aliphatic hydroxyl groups is 1. The first kappa shape index (κ1) is 14.5. The van der Waals surface area contributed by atoms with E-state index in [1.807, 2.05) is 6.07 Å². The third-order valence-corrected chi connectivity index (χ3v) is 4.09. The van der Waals surface area contributed by atoms with Gasteiger partial charge in [-0.05, 0) is 17.7 Å².